The van der Waals surface area contributed by atoms with Crippen molar-refractivity contribution < 1.29 is 0 Å². The molecular formula is C9H14. The molecule has 0 spiro atoms. The highest BCUT2D eigenvalue weighted by atomic mass is 14.1. The van der Waals surface area contributed by atoms with Crippen LogP contribution in [0.15, 0.2) is 23.8 Å². The molecule has 0 aromatic heterocycles. The molecule has 0 fully saturated rings. The van der Waals surface area contributed by atoms with E-state index in [1.165, 1.54) is 12.8 Å². The third-order valence-corrected chi connectivity index (χ3v) is 1.98. The largest absolute Gasteiger partial charge is 0.0840 e. The Morgan fingerprint density at radius 2 is 2.44 bits per heavy atom. The van der Waals surface area contributed by atoms with Gasteiger partial charge in [0.1, 0.15) is 0 Å². The summed E-state index contributed by atoms with van der Waals surface area (Å²) in [6.07, 6.45) is 9.10. The molecule has 9 heavy (non-hydrogen) atoms. The van der Waals surface area contributed by atoms with Gasteiger partial charge >= 0.3 is 0 Å². The number of hydrogen-bond donors (Lipinski definition) is 0. The maximum absolute atomic E-state index is 2.29. The van der Waals surface area contributed by atoms with Crippen molar-refractivity contribution in [3.63, 3.8) is 0 Å². The van der Waals surface area contributed by atoms with Crippen LogP contribution in [-0.4, -0.2) is 0 Å². The molecule has 1 unspecified atom stereocenters. The number of rotatable bonds is 1. The lowest BCUT2D eigenvalue weighted by Gasteiger charge is -2.14. The van der Waals surface area contributed by atoms with Crippen LogP contribution in [0.5, 0.6) is 0 Å². The van der Waals surface area contributed by atoms with Gasteiger partial charge in [0.25, 0.3) is 0 Å². The second-order valence-corrected chi connectivity index (χ2v) is 2.66. The normalized spacial score (nSPS) is 26.0. The van der Waals surface area contributed by atoms with Crippen LogP contribution >= 0.6 is 0 Å². The van der Waals surface area contributed by atoms with Gasteiger partial charge in [-0.2, -0.15) is 0 Å². The first-order chi connectivity index (χ1) is 4.34. The third-order valence-electron chi connectivity index (χ3n) is 1.98. The fourth-order valence-corrected chi connectivity index (χ4v) is 1.26. The average molecular weight is 122 g/mol. The number of hydrogen-bond acceptors (Lipinski definition) is 0. The fourth-order valence-electron chi connectivity index (χ4n) is 1.26. The molecular weight excluding hydrogens is 108 g/mol. The van der Waals surface area contributed by atoms with Crippen LogP contribution in [0.2, 0.25) is 0 Å². The van der Waals surface area contributed by atoms with E-state index < -0.39 is 0 Å². The van der Waals surface area contributed by atoms with Gasteiger partial charge in [-0.3, -0.25) is 0 Å². The topological polar surface area (TPSA) is 0 Å². The van der Waals surface area contributed by atoms with Gasteiger partial charge in [0, 0.05) is 0 Å². The van der Waals surface area contributed by atoms with Gasteiger partial charge in [-0.1, -0.05) is 37.6 Å². The summed E-state index contributed by atoms with van der Waals surface area (Å²) in [7, 11) is 0. The summed E-state index contributed by atoms with van der Waals surface area (Å²) >= 11 is 0. The SMILES string of the molecule is CCC1=CC=CCC1C. The second kappa shape index (κ2) is 2.86. The minimum atomic E-state index is 0.792. The van der Waals surface area contributed by atoms with E-state index in [0.717, 1.165) is 5.92 Å². The first-order valence-electron chi connectivity index (χ1n) is 3.70. The predicted molar refractivity (Wildman–Crippen MR) is 41.3 cm³/mol. The van der Waals surface area contributed by atoms with Gasteiger partial charge in [0.05, 0.1) is 0 Å². The summed E-state index contributed by atoms with van der Waals surface area (Å²) in [5.41, 5.74) is 1.59. The lowest BCUT2D eigenvalue weighted by atomic mass is 9.92. The van der Waals surface area contributed by atoms with E-state index >= 15 is 0 Å². The molecule has 0 aromatic rings. The molecule has 0 aromatic carbocycles. The van der Waals surface area contributed by atoms with Crippen LogP contribution in [0, 0.1) is 5.92 Å². The van der Waals surface area contributed by atoms with E-state index in [4.69, 9.17) is 0 Å². The van der Waals surface area contributed by atoms with Crippen molar-refractivity contribution in [3.8, 4) is 0 Å². The third kappa shape index (κ3) is 1.44. The Labute approximate surface area is 57.3 Å². The van der Waals surface area contributed by atoms with Crippen molar-refractivity contribution in [2.24, 2.45) is 5.92 Å². The lowest BCUT2D eigenvalue weighted by Crippen LogP contribution is -1.99. The Morgan fingerprint density at radius 1 is 1.67 bits per heavy atom. The Kier molecular flexibility index (Phi) is 2.10. The molecule has 1 atom stereocenters. The predicted octanol–water partition coefficient (Wildman–Crippen LogP) is 2.92. The molecule has 0 aliphatic heterocycles. The molecule has 0 N–H and O–H groups in total. The highest BCUT2D eigenvalue weighted by Crippen LogP contribution is 2.21. The van der Waals surface area contributed by atoms with Crippen LogP contribution in [0.3, 0.4) is 0 Å². The first-order valence-corrected chi connectivity index (χ1v) is 3.70. The second-order valence-electron chi connectivity index (χ2n) is 2.66. The summed E-state index contributed by atoms with van der Waals surface area (Å²) < 4.78 is 0. The zero-order valence-electron chi connectivity index (χ0n) is 6.22. The van der Waals surface area contributed by atoms with Crippen molar-refractivity contribution in [1.82, 2.24) is 0 Å². The smallest absolute Gasteiger partial charge is 0.0194 e. The molecule has 0 saturated carbocycles. The quantitative estimate of drug-likeness (QED) is 0.501. The van der Waals surface area contributed by atoms with Crippen LogP contribution in [0.1, 0.15) is 26.7 Å². The highest BCUT2D eigenvalue weighted by molar-refractivity contribution is 5.19. The van der Waals surface area contributed by atoms with E-state index in [1.54, 1.807) is 5.57 Å². The molecule has 0 heteroatoms. The molecule has 1 rings (SSSR count). The van der Waals surface area contributed by atoms with E-state index in [0.29, 0.717) is 0 Å². The van der Waals surface area contributed by atoms with Crippen molar-refractivity contribution >= 4 is 0 Å². The molecule has 1 aliphatic carbocycles. The molecule has 0 heterocycles. The van der Waals surface area contributed by atoms with Gasteiger partial charge in [-0.25, -0.2) is 0 Å². The zero-order valence-corrected chi connectivity index (χ0v) is 6.22. The minimum absolute atomic E-state index is 0.792. The van der Waals surface area contributed by atoms with Crippen LogP contribution in [0.25, 0.3) is 0 Å². The van der Waals surface area contributed by atoms with Crippen molar-refractivity contribution in [3.05, 3.63) is 23.8 Å². The van der Waals surface area contributed by atoms with Crippen molar-refractivity contribution in [2.75, 3.05) is 0 Å². The van der Waals surface area contributed by atoms with E-state index in [-0.39, 0.29) is 0 Å². The van der Waals surface area contributed by atoms with Gasteiger partial charge < -0.3 is 0 Å². The van der Waals surface area contributed by atoms with Crippen LogP contribution in [0.4, 0.5) is 0 Å². The van der Waals surface area contributed by atoms with Crippen LogP contribution in [-0.2, 0) is 0 Å². The van der Waals surface area contributed by atoms with Gasteiger partial charge in [0.15, 0.2) is 0 Å². The number of allylic oxidation sites excluding steroid dienone is 4. The van der Waals surface area contributed by atoms with Gasteiger partial charge in [-0.15, -0.1) is 0 Å². The highest BCUT2D eigenvalue weighted by Gasteiger charge is 2.05. The summed E-state index contributed by atoms with van der Waals surface area (Å²) in [6, 6.07) is 0. The molecule has 0 amide bonds. The lowest BCUT2D eigenvalue weighted by molar-refractivity contribution is 0.660. The monoisotopic (exact) mass is 122 g/mol. The average Bonchev–Trinajstić information content (AvgIpc) is 1.89. The maximum Gasteiger partial charge on any atom is -0.0194 e. The standard InChI is InChI=1S/C9H14/c1-3-9-7-5-4-6-8(9)2/h4-5,7-8H,3,6H2,1-2H3. The van der Waals surface area contributed by atoms with Crippen molar-refractivity contribution in [2.45, 2.75) is 26.7 Å². The van der Waals surface area contributed by atoms with Gasteiger partial charge in [-0.05, 0) is 18.8 Å². The summed E-state index contributed by atoms with van der Waals surface area (Å²) in [5.74, 6) is 0.792. The van der Waals surface area contributed by atoms with Crippen LogP contribution < -0.4 is 0 Å². The van der Waals surface area contributed by atoms with Gasteiger partial charge in [0.2, 0.25) is 0 Å². The molecule has 50 valence electrons. The Morgan fingerprint density at radius 3 is 2.89 bits per heavy atom. The molecule has 0 bridgehead atoms. The molecule has 0 nitrogen and oxygen atoms in total. The minimum Gasteiger partial charge on any atom is -0.0840 e. The zero-order chi connectivity index (χ0) is 6.69. The van der Waals surface area contributed by atoms with Crippen molar-refractivity contribution in [1.29, 1.82) is 0 Å². The molecule has 0 saturated heterocycles. The summed E-state index contributed by atoms with van der Waals surface area (Å²) in [6.45, 7) is 4.51. The Bertz CT molecular complexity index is 140. The Hall–Kier alpha value is -0.520. The van der Waals surface area contributed by atoms with E-state index in [2.05, 4.69) is 32.1 Å². The summed E-state index contributed by atoms with van der Waals surface area (Å²) in [5, 5.41) is 0. The van der Waals surface area contributed by atoms with E-state index in [1.807, 2.05) is 0 Å². The molecule has 0 radical (unpaired) electrons. The maximum atomic E-state index is 2.29. The summed E-state index contributed by atoms with van der Waals surface area (Å²) in [4.78, 5) is 0. The fraction of sp³-hybridized carbons (Fsp3) is 0.556. The first kappa shape index (κ1) is 6.60. The Balaban J connectivity index is 2.63. The van der Waals surface area contributed by atoms with E-state index in [9.17, 15) is 0 Å². The molecule has 1 aliphatic rings.